The number of nitrogens with zero attached hydrogens (tertiary/aromatic N) is 4. The van der Waals surface area contributed by atoms with Gasteiger partial charge in [0.15, 0.2) is 23.1 Å². The summed E-state index contributed by atoms with van der Waals surface area (Å²) in [7, 11) is 0. The minimum absolute atomic E-state index is 0.560. The number of furan rings is 2. The molecule has 4 aromatic heterocycles. The van der Waals surface area contributed by atoms with Gasteiger partial charge < -0.3 is 13.4 Å². The third-order valence-corrected chi connectivity index (χ3v) is 11.1. The van der Waals surface area contributed by atoms with Crippen molar-refractivity contribution in [1.29, 1.82) is 0 Å². The largest absolute Gasteiger partial charge is 0.455 e. The van der Waals surface area contributed by atoms with Crippen LogP contribution in [-0.2, 0) is 0 Å². The van der Waals surface area contributed by atoms with E-state index in [4.69, 9.17) is 23.8 Å². The highest BCUT2D eigenvalue weighted by molar-refractivity contribution is 6.14. The maximum Gasteiger partial charge on any atom is 0.167 e. The van der Waals surface area contributed by atoms with E-state index in [1.165, 1.54) is 10.8 Å². The van der Waals surface area contributed by atoms with E-state index in [1.54, 1.807) is 0 Å². The van der Waals surface area contributed by atoms with Crippen LogP contribution in [-0.4, -0.2) is 19.5 Å². The van der Waals surface area contributed by atoms with E-state index in [1.807, 2.05) is 72.8 Å². The van der Waals surface area contributed by atoms with Gasteiger partial charge in [0, 0.05) is 43.4 Å². The molecule has 12 rings (SSSR count). The van der Waals surface area contributed by atoms with Crippen molar-refractivity contribution in [2.24, 2.45) is 0 Å². The molecule has 6 heteroatoms. The fraction of sp³-hybridized carbons (Fsp3) is 0. The molecular weight excluding hydrogens is 701 g/mol. The Morgan fingerprint density at radius 3 is 1.58 bits per heavy atom. The lowest BCUT2D eigenvalue weighted by molar-refractivity contribution is 0.666. The van der Waals surface area contributed by atoms with Crippen LogP contribution in [0, 0.1) is 0 Å². The van der Waals surface area contributed by atoms with Gasteiger partial charge in [-0.25, -0.2) is 15.0 Å². The molecule has 266 valence electrons. The molecule has 0 saturated heterocycles. The normalized spacial score (nSPS) is 11.9. The van der Waals surface area contributed by atoms with Crippen molar-refractivity contribution in [3.8, 4) is 51.0 Å². The van der Waals surface area contributed by atoms with Gasteiger partial charge in [0.25, 0.3) is 0 Å². The first-order valence-electron chi connectivity index (χ1n) is 19.0. The first-order chi connectivity index (χ1) is 28.2. The van der Waals surface area contributed by atoms with Crippen molar-refractivity contribution < 1.29 is 8.83 Å². The Bertz CT molecular complexity index is 3410. The summed E-state index contributed by atoms with van der Waals surface area (Å²) in [6, 6.07) is 62.6. The Hall–Kier alpha value is -7.83. The molecule has 0 aliphatic carbocycles. The molecule has 0 amide bonds. The second-order valence-corrected chi connectivity index (χ2v) is 14.4. The number of benzene rings is 8. The summed E-state index contributed by atoms with van der Waals surface area (Å²) < 4.78 is 15.7. The van der Waals surface area contributed by atoms with Crippen LogP contribution in [0.25, 0.3) is 117 Å². The predicted octanol–water partition coefficient (Wildman–Crippen LogP) is 13.4. The summed E-state index contributed by atoms with van der Waals surface area (Å²) in [6.07, 6.45) is 0. The lowest BCUT2D eigenvalue weighted by atomic mass is 10.0. The fourth-order valence-electron chi connectivity index (χ4n) is 8.40. The molecule has 0 spiro atoms. The average Bonchev–Trinajstić information content (AvgIpc) is 3.96. The van der Waals surface area contributed by atoms with Gasteiger partial charge in [0.05, 0.1) is 22.3 Å². The zero-order valence-corrected chi connectivity index (χ0v) is 30.4. The van der Waals surface area contributed by atoms with Crippen molar-refractivity contribution in [3.63, 3.8) is 0 Å². The van der Waals surface area contributed by atoms with Crippen LogP contribution in [0.15, 0.2) is 191 Å². The maximum absolute atomic E-state index is 6.74. The van der Waals surface area contributed by atoms with Gasteiger partial charge in [-0.3, -0.25) is 0 Å². The van der Waals surface area contributed by atoms with Gasteiger partial charge in [-0.2, -0.15) is 0 Å². The van der Waals surface area contributed by atoms with Gasteiger partial charge >= 0.3 is 0 Å². The van der Waals surface area contributed by atoms with Crippen LogP contribution < -0.4 is 0 Å². The quantitative estimate of drug-likeness (QED) is 0.176. The standard InChI is InChI=1S/C51H30N4O2/c1-3-13-31(14-4-1)49-52-50(32-15-5-2-6-16-32)54-51(53-49)40-21-11-19-38-37-27-25-34(30-46(37)57-47(38)40)33-26-28-45-41(29-33)39-20-12-24-44(48(39)56-45)55-42-22-9-7-17-35(42)36-18-8-10-23-43(36)55/h1-30H. The first-order valence-corrected chi connectivity index (χ1v) is 19.0. The zero-order valence-electron chi connectivity index (χ0n) is 30.4. The molecule has 8 aromatic carbocycles. The SMILES string of the molecule is c1ccc(-c2nc(-c3ccccc3)nc(-c3cccc4c3oc3cc(-c5ccc6oc7c(-n8c9ccccc9c9ccccc98)cccc7c6c5)ccc34)n2)cc1. The summed E-state index contributed by atoms with van der Waals surface area (Å²) in [5.41, 5.74) is 11.3. The number of hydrogen-bond donors (Lipinski definition) is 0. The number of fused-ring (bicyclic) bond motifs is 9. The van der Waals surface area contributed by atoms with E-state index >= 15 is 0 Å². The van der Waals surface area contributed by atoms with Gasteiger partial charge in [0.1, 0.15) is 16.7 Å². The molecule has 0 unspecified atom stereocenters. The first kappa shape index (κ1) is 31.5. The van der Waals surface area contributed by atoms with E-state index in [2.05, 4.69) is 114 Å². The lowest BCUT2D eigenvalue weighted by Gasteiger charge is -2.08. The monoisotopic (exact) mass is 730 g/mol. The molecule has 0 aliphatic heterocycles. The van der Waals surface area contributed by atoms with E-state index < -0.39 is 0 Å². The number of aromatic nitrogens is 4. The molecule has 12 aromatic rings. The van der Waals surface area contributed by atoms with Crippen LogP contribution in [0.5, 0.6) is 0 Å². The topological polar surface area (TPSA) is 69.9 Å². The average molecular weight is 731 g/mol. The van der Waals surface area contributed by atoms with E-state index in [0.717, 1.165) is 88.4 Å². The Kier molecular flexibility index (Phi) is 6.83. The Morgan fingerprint density at radius 1 is 0.333 bits per heavy atom. The van der Waals surface area contributed by atoms with E-state index in [9.17, 15) is 0 Å². The molecular formula is C51H30N4O2. The van der Waals surface area contributed by atoms with Gasteiger partial charge in [0.2, 0.25) is 0 Å². The second kappa shape index (κ2) is 12.3. The molecule has 0 atom stereocenters. The van der Waals surface area contributed by atoms with Crippen LogP contribution in [0.4, 0.5) is 0 Å². The zero-order chi connectivity index (χ0) is 37.5. The van der Waals surface area contributed by atoms with Crippen molar-refractivity contribution in [2.45, 2.75) is 0 Å². The fourth-order valence-corrected chi connectivity index (χ4v) is 8.40. The molecule has 0 radical (unpaired) electrons. The van der Waals surface area contributed by atoms with Crippen molar-refractivity contribution in [3.05, 3.63) is 182 Å². The van der Waals surface area contributed by atoms with Gasteiger partial charge in [-0.05, 0) is 59.7 Å². The third-order valence-electron chi connectivity index (χ3n) is 11.1. The Balaban J connectivity index is 0.983. The molecule has 0 fully saturated rings. The van der Waals surface area contributed by atoms with E-state index in [0.29, 0.717) is 17.5 Å². The smallest absolute Gasteiger partial charge is 0.167 e. The highest BCUT2D eigenvalue weighted by Gasteiger charge is 2.20. The Labute approximate surface area is 325 Å². The number of hydrogen-bond acceptors (Lipinski definition) is 5. The highest BCUT2D eigenvalue weighted by Crippen LogP contribution is 2.41. The minimum Gasteiger partial charge on any atom is -0.455 e. The summed E-state index contributed by atoms with van der Waals surface area (Å²) in [6.45, 7) is 0. The minimum atomic E-state index is 0.560. The van der Waals surface area contributed by atoms with Crippen molar-refractivity contribution in [1.82, 2.24) is 19.5 Å². The number of para-hydroxylation sites is 4. The van der Waals surface area contributed by atoms with Gasteiger partial charge in [-0.15, -0.1) is 0 Å². The molecule has 0 aliphatic rings. The van der Waals surface area contributed by atoms with Crippen LogP contribution in [0.3, 0.4) is 0 Å². The summed E-state index contributed by atoms with van der Waals surface area (Å²) in [5.74, 6) is 1.78. The molecule has 0 bridgehead atoms. The lowest BCUT2D eigenvalue weighted by Crippen LogP contribution is -2.00. The third kappa shape index (κ3) is 4.94. The highest BCUT2D eigenvalue weighted by atomic mass is 16.3. The van der Waals surface area contributed by atoms with Crippen LogP contribution in [0.2, 0.25) is 0 Å². The molecule has 0 N–H and O–H groups in total. The summed E-state index contributed by atoms with van der Waals surface area (Å²) in [4.78, 5) is 14.9. The van der Waals surface area contributed by atoms with Gasteiger partial charge in [-0.1, -0.05) is 133 Å². The van der Waals surface area contributed by atoms with Crippen molar-refractivity contribution in [2.75, 3.05) is 0 Å². The summed E-state index contributed by atoms with van der Waals surface area (Å²) in [5, 5.41) is 6.61. The number of rotatable bonds is 5. The Morgan fingerprint density at radius 2 is 0.877 bits per heavy atom. The maximum atomic E-state index is 6.74. The van der Waals surface area contributed by atoms with Crippen LogP contribution in [0.1, 0.15) is 0 Å². The van der Waals surface area contributed by atoms with Crippen molar-refractivity contribution >= 4 is 65.7 Å². The van der Waals surface area contributed by atoms with Crippen LogP contribution >= 0.6 is 0 Å². The van der Waals surface area contributed by atoms with E-state index in [-0.39, 0.29) is 0 Å². The molecule has 4 heterocycles. The molecule has 0 saturated carbocycles. The summed E-state index contributed by atoms with van der Waals surface area (Å²) >= 11 is 0. The second-order valence-electron chi connectivity index (χ2n) is 14.4. The molecule has 57 heavy (non-hydrogen) atoms. The molecule has 6 nitrogen and oxygen atoms in total. The predicted molar refractivity (Wildman–Crippen MR) is 230 cm³/mol.